The van der Waals surface area contributed by atoms with Gasteiger partial charge in [0.05, 0.1) is 16.2 Å². The number of hydrogen-bond acceptors (Lipinski definition) is 7. The Morgan fingerprint density at radius 3 is 2.79 bits per heavy atom. The fourth-order valence-electron chi connectivity index (χ4n) is 2.70. The van der Waals surface area contributed by atoms with E-state index in [9.17, 15) is 19.7 Å². The molecule has 0 spiro atoms. The van der Waals surface area contributed by atoms with Gasteiger partial charge in [0.1, 0.15) is 17.9 Å². The van der Waals surface area contributed by atoms with Gasteiger partial charge in [-0.05, 0) is 37.6 Å². The Bertz CT molecular complexity index is 1120. The maximum Gasteiger partial charge on any atom is 0.338 e. The molecular weight excluding hydrogens is 364 g/mol. The summed E-state index contributed by atoms with van der Waals surface area (Å²) in [5.74, 6) is -0.739. The van der Waals surface area contributed by atoms with Gasteiger partial charge in [0.25, 0.3) is 11.2 Å². The van der Waals surface area contributed by atoms with Crippen molar-refractivity contribution >= 4 is 23.0 Å². The third-order valence-corrected chi connectivity index (χ3v) is 4.01. The summed E-state index contributed by atoms with van der Waals surface area (Å²) in [4.78, 5) is 39.4. The summed E-state index contributed by atoms with van der Waals surface area (Å²) in [5.41, 5.74) is 1.51. The average molecular weight is 382 g/mol. The number of nitrogens with one attached hydrogen (secondary N) is 1. The average Bonchev–Trinajstić information content (AvgIpc) is 2.67. The first-order valence-electron chi connectivity index (χ1n) is 8.57. The quantitative estimate of drug-likeness (QED) is 0.396. The number of anilines is 1. The number of aryl methyl sites for hydroxylation is 1. The van der Waals surface area contributed by atoms with Crippen LogP contribution in [-0.4, -0.2) is 26.8 Å². The van der Waals surface area contributed by atoms with Gasteiger partial charge in [0.15, 0.2) is 0 Å². The van der Waals surface area contributed by atoms with Crippen molar-refractivity contribution in [3.63, 3.8) is 0 Å². The van der Waals surface area contributed by atoms with Crippen LogP contribution in [0.25, 0.3) is 5.65 Å². The molecule has 0 aliphatic carbocycles. The third kappa shape index (κ3) is 3.98. The largest absolute Gasteiger partial charge is 0.456 e. The van der Waals surface area contributed by atoms with Crippen LogP contribution < -0.4 is 10.9 Å². The number of fused-ring (bicyclic) bond motifs is 1. The molecule has 1 N–H and O–H groups in total. The number of nitrogens with zero attached hydrogens (tertiary/aromatic N) is 3. The molecule has 0 radical (unpaired) electrons. The van der Waals surface area contributed by atoms with Crippen molar-refractivity contribution in [2.24, 2.45) is 0 Å². The molecule has 0 bridgehead atoms. The smallest absolute Gasteiger partial charge is 0.338 e. The van der Waals surface area contributed by atoms with E-state index >= 15 is 0 Å². The highest BCUT2D eigenvalue weighted by molar-refractivity contribution is 5.91. The Kier molecular flexibility index (Phi) is 5.35. The van der Waals surface area contributed by atoms with Crippen molar-refractivity contribution in [1.82, 2.24) is 9.38 Å². The predicted molar refractivity (Wildman–Crippen MR) is 103 cm³/mol. The SMILES string of the molecule is CCNc1ccc(C(=O)OCc2cc(=O)n3cc(C)ccc3n2)cc1[N+](=O)[O-]. The Hall–Kier alpha value is -3.75. The van der Waals surface area contributed by atoms with Gasteiger partial charge in [0.2, 0.25) is 0 Å². The highest BCUT2D eigenvalue weighted by Gasteiger charge is 2.18. The standard InChI is InChI=1S/C19H18N4O5/c1-3-20-15-6-5-13(8-16(15)23(26)27)19(25)28-11-14-9-18(24)22-10-12(2)4-7-17(22)21-14/h4-10,20H,3,11H2,1-2H3. The number of rotatable bonds is 6. The fourth-order valence-corrected chi connectivity index (χ4v) is 2.70. The van der Waals surface area contributed by atoms with Gasteiger partial charge in [-0.1, -0.05) is 6.07 Å². The first-order chi connectivity index (χ1) is 13.4. The van der Waals surface area contributed by atoms with Crippen LogP contribution in [0.2, 0.25) is 0 Å². The number of nitro benzene ring substituents is 1. The van der Waals surface area contributed by atoms with Crippen molar-refractivity contribution in [2.45, 2.75) is 20.5 Å². The molecule has 1 aromatic carbocycles. The molecule has 2 heterocycles. The molecule has 144 valence electrons. The van der Waals surface area contributed by atoms with E-state index < -0.39 is 10.9 Å². The number of nitro groups is 1. The monoisotopic (exact) mass is 382 g/mol. The van der Waals surface area contributed by atoms with E-state index in [1.807, 2.05) is 19.9 Å². The van der Waals surface area contributed by atoms with Crippen LogP contribution in [0.15, 0.2) is 47.4 Å². The molecule has 3 aromatic rings. The van der Waals surface area contributed by atoms with E-state index in [1.54, 1.807) is 12.3 Å². The van der Waals surface area contributed by atoms with Crippen LogP contribution >= 0.6 is 0 Å². The van der Waals surface area contributed by atoms with E-state index in [1.165, 1.54) is 22.6 Å². The zero-order chi connectivity index (χ0) is 20.3. The Labute approximate surface area is 159 Å². The van der Waals surface area contributed by atoms with Gasteiger partial charge < -0.3 is 10.1 Å². The lowest BCUT2D eigenvalue weighted by Gasteiger charge is -2.08. The van der Waals surface area contributed by atoms with Crippen molar-refractivity contribution in [3.05, 3.63) is 79.9 Å². The van der Waals surface area contributed by atoms with Crippen molar-refractivity contribution < 1.29 is 14.5 Å². The van der Waals surface area contributed by atoms with Crippen molar-refractivity contribution in [2.75, 3.05) is 11.9 Å². The summed E-state index contributed by atoms with van der Waals surface area (Å²) in [6.07, 6.45) is 1.67. The molecule has 0 atom stereocenters. The van der Waals surface area contributed by atoms with Crippen LogP contribution in [0, 0.1) is 17.0 Å². The van der Waals surface area contributed by atoms with Crippen LogP contribution in [0.1, 0.15) is 28.5 Å². The van der Waals surface area contributed by atoms with Gasteiger partial charge >= 0.3 is 5.97 Å². The molecule has 2 aromatic heterocycles. The summed E-state index contributed by atoms with van der Waals surface area (Å²) in [6, 6.07) is 8.87. The molecule has 0 aliphatic rings. The van der Waals surface area contributed by atoms with Crippen molar-refractivity contribution in [1.29, 1.82) is 0 Å². The van der Waals surface area contributed by atoms with Crippen LogP contribution in [-0.2, 0) is 11.3 Å². The van der Waals surface area contributed by atoms with E-state index in [-0.39, 0.29) is 23.4 Å². The third-order valence-electron chi connectivity index (χ3n) is 4.01. The van der Waals surface area contributed by atoms with Gasteiger partial charge in [-0.15, -0.1) is 0 Å². The normalized spacial score (nSPS) is 10.6. The second-order valence-electron chi connectivity index (χ2n) is 6.12. The first-order valence-corrected chi connectivity index (χ1v) is 8.57. The predicted octanol–water partition coefficient (Wildman–Crippen LogP) is 2.70. The highest BCUT2D eigenvalue weighted by Crippen LogP contribution is 2.25. The Balaban J connectivity index is 1.80. The molecule has 9 heteroatoms. The fraction of sp³-hybridized carbons (Fsp3) is 0.211. The summed E-state index contributed by atoms with van der Waals surface area (Å²) >= 11 is 0. The van der Waals surface area contributed by atoms with E-state index in [0.717, 1.165) is 11.6 Å². The van der Waals surface area contributed by atoms with Gasteiger partial charge in [0, 0.05) is 24.9 Å². The summed E-state index contributed by atoms with van der Waals surface area (Å²) < 4.78 is 6.59. The maximum absolute atomic E-state index is 12.3. The molecule has 28 heavy (non-hydrogen) atoms. The number of hydrogen-bond donors (Lipinski definition) is 1. The number of benzene rings is 1. The molecule has 0 fully saturated rings. The van der Waals surface area contributed by atoms with Gasteiger partial charge in [-0.3, -0.25) is 19.3 Å². The summed E-state index contributed by atoms with van der Waals surface area (Å²) in [7, 11) is 0. The Morgan fingerprint density at radius 1 is 1.29 bits per heavy atom. The minimum Gasteiger partial charge on any atom is -0.456 e. The molecule has 3 rings (SSSR count). The van der Waals surface area contributed by atoms with E-state index in [0.29, 0.717) is 23.6 Å². The lowest BCUT2D eigenvalue weighted by atomic mass is 10.1. The lowest BCUT2D eigenvalue weighted by Crippen LogP contribution is -2.17. The number of pyridine rings is 1. The first kappa shape index (κ1) is 19.0. The second kappa shape index (κ2) is 7.87. The molecular formula is C19H18N4O5. The molecule has 0 amide bonds. The zero-order valence-corrected chi connectivity index (χ0v) is 15.3. The topological polar surface area (TPSA) is 116 Å². The van der Waals surface area contributed by atoms with Crippen LogP contribution in [0.5, 0.6) is 0 Å². The number of carbonyl (C=O) groups excluding carboxylic acids is 1. The molecule has 0 unspecified atom stereocenters. The minimum absolute atomic E-state index is 0.0430. The minimum atomic E-state index is -0.739. The van der Waals surface area contributed by atoms with E-state index in [4.69, 9.17) is 4.74 Å². The van der Waals surface area contributed by atoms with Crippen LogP contribution in [0.3, 0.4) is 0 Å². The summed E-state index contributed by atoms with van der Waals surface area (Å²) in [5, 5.41) is 14.1. The van der Waals surface area contributed by atoms with Gasteiger partial charge in [-0.25, -0.2) is 9.78 Å². The number of esters is 1. The Morgan fingerprint density at radius 2 is 2.07 bits per heavy atom. The molecule has 0 aliphatic heterocycles. The zero-order valence-electron chi connectivity index (χ0n) is 15.3. The van der Waals surface area contributed by atoms with Gasteiger partial charge in [-0.2, -0.15) is 0 Å². The lowest BCUT2D eigenvalue weighted by molar-refractivity contribution is -0.384. The number of ether oxygens (including phenoxy) is 1. The maximum atomic E-state index is 12.3. The van der Waals surface area contributed by atoms with E-state index in [2.05, 4.69) is 10.3 Å². The molecule has 0 saturated heterocycles. The highest BCUT2D eigenvalue weighted by atomic mass is 16.6. The van der Waals surface area contributed by atoms with Crippen molar-refractivity contribution in [3.8, 4) is 0 Å². The second-order valence-corrected chi connectivity index (χ2v) is 6.12. The number of carbonyl (C=O) groups is 1. The molecule has 9 nitrogen and oxygen atoms in total. The van der Waals surface area contributed by atoms with Crippen LogP contribution in [0.4, 0.5) is 11.4 Å². The summed E-state index contributed by atoms with van der Waals surface area (Å²) in [6.45, 7) is 3.96. The molecule has 0 saturated carbocycles. The number of aromatic nitrogens is 2.